The molecular weight excluding hydrogens is 388 g/mol. The molecule has 6 heteroatoms. The molecule has 2 amide bonds. The van der Waals surface area contributed by atoms with Gasteiger partial charge in [0.1, 0.15) is 0 Å². The monoisotopic (exact) mass is 416 g/mol. The molecule has 0 aliphatic rings. The molecule has 0 saturated carbocycles. The maximum absolute atomic E-state index is 12.4. The normalized spacial score (nSPS) is 10.6. The van der Waals surface area contributed by atoms with Gasteiger partial charge in [-0.15, -0.1) is 0 Å². The first-order chi connectivity index (χ1) is 13.5. The van der Waals surface area contributed by atoms with Crippen LogP contribution in [0, 0.1) is 0 Å². The van der Waals surface area contributed by atoms with Crippen molar-refractivity contribution >= 4 is 33.4 Å². The van der Waals surface area contributed by atoms with Crippen LogP contribution in [0.1, 0.15) is 48.4 Å². The molecule has 150 valence electrons. The Morgan fingerprint density at radius 3 is 1.14 bits per heavy atom. The average molecular weight is 417 g/mol. The van der Waals surface area contributed by atoms with Crippen molar-refractivity contribution in [3.8, 4) is 0 Å². The summed E-state index contributed by atoms with van der Waals surface area (Å²) in [5.41, 5.74) is 1.44. The fourth-order valence-corrected chi connectivity index (χ4v) is 4.72. The van der Waals surface area contributed by atoms with Gasteiger partial charge >= 0.3 is 0 Å². The molecule has 0 unspecified atom stereocenters. The summed E-state index contributed by atoms with van der Waals surface area (Å²) in [7, 11) is 3.28. The number of rotatable bonds is 9. The summed E-state index contributed by atoms with van der Waals surface area (Å²) >= 11 is 0. The van der Waals surface area contributed by atoms with E-state index in [0.29, 0.717) is 26.2 Å². The molecule has 28 heavy (non-hydrogen) atoms. The Kier molecular flexibility index (Phi) is 8.93. The molecule has 0 aliphatic carbocycles. The molecule has 0 aliphatic heterocycles. The number of amides is 2. The van der Waals surface area contributed by atoms with E-state index in [9.17, 15) is 9.59 Å². The van der Waals surface area contributed by atoms with Crippen LogP contribution in [0.5, 0.6) is 0 Å². The number of benzene rings is 2. The minimum Gasteiger partial charge on any atom is -0.339 e. The molecule has 2 aromatic rings. The van der Waals surface area contributed by atoms with Crippen LogP contribution in [0.3, 0.4) is 0 Å². The minimum atomic E-state index is 0.0719. The van der Waals surface area contributed by atoms with Gasteiger partial charge in [-0.2, -0.15) is 0 Å². The van der Waals surface area contributed by atoms with Crippen molar-refractivity contribution in [1.29, 1.82) is 0 Å². The van der Waals surface area contributed by atoms with E-state index < -0.39 is 0 Å². The maximum Gasteiger partial charge on any atom is 0.253 e. The van der Waals surface area contributed by atoms with Crippen LogP contribution in [0.2, 0.25) is 0 Å². The van der Waals surface area contributed by atoms with E-state index in [1.165, 1.54) is 0 Å². The molecule has 0 fully saturated rings. The highest BCUT2D eigenvalue weighted by molar-refractivity contribution is 8.76. The van der Waals surface area contributed by atoms with Crippen molar-refractivity contribution < 1.29 is 9.59 Å². The second-order valence-electron chi connectivity index (χ2n) is 6.17. The second-order valence-corrected chi connectivity index (χ2v) is 8.45. The number of hydrogen-bond acceptors (Lipinski definition) is 4. The second kappa shape index (κ2) is 11.2. The zero-order chi connectivity index (χ0) is 20.5. The molecular formula is C22H28N2O2S2. The first kappa shape index (κ1) is 22.4. The minimum absolute atomic E-state index is 0.0719. The molecule has 0 saturated heterocycles. The Morgan fingerprint density at radius 2 is 0.893 bits per heavy atom. The molecule has 0 N–H and O–H groups in total. The van der Waals surface area contributed by atoms with Crippen LogP contribution in [0.25, 0.3) is 0 Å². The van der Waals surface area contributed by atoms with E-state index >= 15 is 0 Å². The SMILES string of the molecule is CCN(CC)C(=O)c1ccc(SSc2ccc(C(=O)N(CC)CC)cc2)cc1. The average Bonchev–Trinajstić information content (AvgIpc) is 2.74. The van der Waals surface area contributed by atoms with Crippen molar-refractivity contribution in [1.82, 2.24) is 9.80 Å². The predicted molar refractivity (Wildman–Crippen MR) is 119 cm³/mol. The molecule has 0 bridgehead atoms. The van der Waals surface area contributed by atoms with Crippen LogP contribution in [-0.2, 0) is 0 Å². The van der Waals surface area contributed by atoms with Crippen molar-refractivity contribution in [2.45, 2.75) is 37.5 Å². The Bertz CT molecular complexity index is 701. The van der Waals surface area contributed by atoms with E-state index in [1.54, 1.807) is 21.6 Å². The smallest absolute Gasteiger partial charge is 0.253 e. The third kappa shape index (κ3) is 5.79. The van der Waals surface area contributed by atoms with Crippen LogP contribution in [-0.4, -0.2) is 47.8 Å². The highest BCUT2D eigenvalue weighted by atomic mass is 33.1. The van der Waals surface area contributed by atoms with Gasteiger partial charge in [0.05, 0.1) is 0 Å². The van der Waals surface area contributed by atoms with Crippen molar-refractivity contribution in [3.63, 3.8) is 0 Å². The van der Waals surface area contributed by atoms with Crippen molar-refractivity contribution in [3.05, 3.63) is 59.7 Å². The number of nitrogens with zero attached hydrogens (tertiary/aromatic N) is 2. The summed E-state index contributed by atoms with van der Waals surface area (Å²) in [6.45, 7) is 10.8. The van der Waals surface area contributed by atoms with E-state index in [-0.39, 0.29) is 11.8 Å². The summed E-state index contributed by atoms with van der Waals surface area (Å²) in [6.07, 6.45) is 0. The summed E-state index contributed by atoms with van der Waals surface area (Å²) in [5, 5.41) is 0. The Labute approximate surface area is 176 Å². The van der Waals surface area contributed by atoms with E-state index in [4.69, 9.17) is 0 Å². The summed E-state index contributed by atoms with van der Waals surface area (Å²) < 4.78 is 0. The van der Waals surface area contributed by atoms with Crippen LogP contribution < -0.4 is 0 Å². The van der Waals surface area contributed by atoms with Crippen LogP contribution >= 0.6 is 21.6 Å². The quantitative estimate of drug-likeness (QED) is 0.510. The molecule has 2 aromatic carbocycles. The lowest BCUT2D eigenvalue weighted by atomic mass is 10.2. The van der Waals surface area contributed by atoms with Gasteiger partial charge in [0.15, 0.2) is 0 Å². The Balaban J connectivity index is 1.95. The number of carbonyl (C=O) groups excluding carboxylic acids is 2. The van der Waals surface area contributed by atoms with Gasteiger partial charge in [-0.25, -0.2) is 0 Å². The molecule has 0 spiro atoms. The molecule has 0 heterocycles. The highest BCUT2D eigenvalue weighted by Gasteiger charge is 2.13. The molecule has 0 atom stereocenters. The third-order valence-corrected chi connectivity index (χ3v) is 6.96. The summed E-state index contributed by atoms with van der Waals surface area (Å²) in [4.78, 5) is 30.5. The largest absolute Gasteiger partial charge is 0.339 e. The van der Waals surface area contributed by atoms with Gasteiger partial charge < -0.3 is 9.80 Å². The standard InChI is InChI=1S/C22H28N2O2S2/c1-5-23(6-2)21(25)17-9-13-19(14-10-17)27-28-20-15-11-18(12-16-20)22(26)24(7-3)8-4/h9-16H,5-8H2,1-4H3. The van der Waals surface area contributed by atoms with E-state index in [2.05, 4.69) is 0 Å². The predicted octanol–water partition coefficient (Wildman–Crippen LogP) is 5.45. The summed E-state index contributed by atoms with van der Waals surface area (Å²) in [6, 6.07) is 15.5. The number of carbonyl (C=O) groups is 2. The summed E-state index contributed by atoms with van der Waals surface area (Å²) in [5.74, 6) is 0.144. The third-order valence-electron chi connectivity index (χ3n) is 4.54. The van der Waals surface area contributed by atoms with Crippen LogP contribution in [0.4, 0.5) is 0 Å². The lowest BCUT2D eigenvalue weighted by molar-refractivity contribution is 0.0765. The first-order valence-corrected chi connectivity index (χ1v) is 11.8. The Morgan fingerprint density at radius 1 is 0.607 bits per heavy atom. The van der Waals surface area contributed by atoms with Crippen molar-refractivity contribution in [2.75, 3.05) is 26.2 Å². The highest BCUT2D eigenvalue weighted by Crippen LogP contribution is 2.37. The fourth-order valence-electron chi connectivity index (χ4n) is 2.79. The van der Waals surface area contributed by atoms with Gasteiger partial charge in [-0.05, 0) is 76.2 Å². The van der Waals surface area contributed by atoms with Gasteiger partial charge in [0.2, 0.25) is 0 Å². The van der Waals surface area contributed by atoms with Gasteiger partial charge in [0, 0.05) is 47.1 Å². The van der Waals surface area contributed by atoms with E-state index in [0.717, 1.165) is 20.9 Å². The van der Waals surface area contributed by atoms with E-state index in [1.807, 2.05) is 86.0 Å². The van der Waals surface area contributed by atoms with Gasteiger partial charge in [-0.3, -0.25) is 9.59 Å². The number of hydrogen-bond donors (Lipinski definition) is 0. The molecule has 0 radical (unpaired) electrons. The van der Waals surface area contributed by atoms with Crippen molar-refractivity contribution in [2.24, 2.45) is 0 Å². The van der Waals surface area contributed by atoms with Gasteiger partial charge in [-0.1, -0.05) is 21.6 Å². The molecule has 0 aromatic heterocycles. The maximum atomic E-state index is 12.4. The topological polar surface area (TPSA) is 40.6 Å². The molecule has 2 rings (SSSR count). The first-order valence-electron chi connectivity index (χ1n) is 9.67. The Hall–Kier alpha value is -1.92. The zero-order valence-corrected chi connectivity index (χ0v) is 18.6. The van der Waals surface area contributed by atoms with Crippen LogP contribution in [0.15, 0.2) is 58.3 Å². The van der Waals surface area contributed by atoms with Gasteiger partial charge in [0.25, 0.3) is 11.8 Å². The zero-order valence-electron chi connectivity index (χ0n) is 17.0. The lowest BCUT2D eigenvalue weighted by Crippen LogP contribution is -2.30. The fraction of sp³-hybridized carbons (Fsp3) is 0.364. The lowest BCUT2D eigenvalue weighted by Gasteiger charge is -2.18. The molecule has 4 nitrogen and oxygen atoms in total.